The number of nitriles is 2. The van der Waals surface area contributed by atoms with E-state index in [0.717, 1.165) is 37.6 Å². The molecular weight excluding hydrogens is 852 g/mol. The molecule has 0 saturated heterocycles. The van der Waals surface area contributed by atoms with Crippen molar-refractivity contribution in [2.45, 2.75) is 26.9 Å². The van der Waals surface area contributed by atoms with Crippen LogP contribution in [0, 0.1) is 22.7 Å². The van der Waals surface area contributed by atoms with Gasteiger partial charge in [-0.1, -0.05) is 12.1 Å². The first-order valence-electron chi connectivity index (χ1n) is 10.4. The number of hydrogen-bond donors (Lipinski definition) is 0. The van der Waals surface area contributed by atoms with E-state index in [4.69, 9.17) is 10.5 Å². The van der Waals surface area contributed by atoms with Crippen LogP contribution in [0.1, 0.15) is 25.2 Å². The third-order valence-electron chi connectivity index (χ3n) is 3.18. The number of halogens is 12. The van der Waals surface area contributed by atoms with Crippen molar-refractivity contribution < 1.29 is 50.8 Å². The molecule has 41 heavy (non-hydrogen) atoms. The second kappa shape index (κ2) is 17.0. The molecule has 0 amide bonds. The van der Waals surface area contributed by atoms with Gasteiger partial charge in [0.25, 0.3) is 0 Å². The second-order valence-electron chi connectivity index (χ2n) is 7.48. The van der Waals surface area contributed by atoms with Crippen LogP contribution in [0.25, 0.3) is 0 Å². The monoisotopic (exact) mass is 878 g/mol. The summed E-state index contributed by atoms with van der Waals surface area (Å²) < 4.78 is 119. The molecule has 2 rings (SSSR count). The maximum absolute atomic E-state index is 11.2. The molecule has 240 valence electrons. The van der Waals surface area contributed by atoms with Gasteiger partial charge in [-0.05, 0) is 38.4 Å². The zero-order chi connectivity index (χ0) is 32.4. The summed E-state index contributed by atoms with van der Waals surface area (Å²) >= 11 is -22.5. The summed E-state index contributed by atoms with van der Waals surface area (Å²) in [5, 5.41) is 14.6. The molecule has 2 aromatic heterocycles. The van der Waals surface area contributed by atoms with E-state index in [1.807, 2.05) is 36.7 Å². The predicted octanol–water partition coefficient (Wildman–Crippen LogP) is 7.38. The Morgan fingerprint density at radius 2 is 0.829 bits per heavy atom. The molecule has 2 aromatic rings. The summed E-state index contributed by atoms with van der Waals surface area (Å²) in [5.41, 5.74) is 2.23. The molecule has 0 unspecified atom stereocenters. The summed E-state index contributed by atoms with van der Waals surface area (Å²) in [6, 6.07) is 15.6. The third-order valence-corrected chi connectivity index (χ3v) is 3.18. The van der Waals surface area contributed by atoms with Crippen molar-refractivity contribution in [1.82, 2.24) is 19.8 Å². The minimum Gasteiger partial charge on any atom is 2.00 e. The molecule has 0 N–H and O–H groups in total. The van der Waals surface area contributed by atoms with Gasteiger partial charge >= 0.3 is 89.8 Å². The molecule has 6 nitrogen and oxygen atoms in total. The van der Waals surface area contributed by atoms with Crippen molar-refractivity contribution in [2.24, 2.45) is 0 Å². The Balaban J connectivity index is -0.000000270. The van der Waals surface area contributed by atoms with Crippen molar-refractivity contribution in [3.05, 3.63) is 60.2 Å². The van der Waals surface area contributed by atoms with Crippen LogP contribution in [-0.4, -0.2) is 85.9 Å². The van der Waals surface area contributed by atoms with Crippen LogP contribution in [0.15, 0.2) is 48.8 Å². The minimum atomic E-state index is -11.2. The average molecular weight is 880 g/mol. The van der Waals surface area contributed by atoms with Gasteiger partial charge in [0.2, 0.25) is 0 Å². The Hall–Kier alpha value is -1.48. The first kappa shape index (κ1) is 46.5. The van der Waals surface area contributed by atoms with Gasteiger partial charge in [-0.25, -0.2) is 0 Å². The third kappa shape index (κ3) is 67.8. The molecular formula is C20H28F12FeN6Sb2. The smallest absolute Gasteiger partial charge is 2.00 e. The number of hydrogen-bond acceptors (Lipinski definition) is 6. The fraction of sp³-hybridized carbons (Fsp3) is 0.400. The number of nitrogens with zero attached hydrogens (tertiary/aromatic N) is 6. The molecule has 0 aliphatic rings. The van der Waals surface area contributed by atoms with Crippen LogP contribution >= 0.6 is 0 Å². The van der Waals surface area contributed by atoms with Crippen molar-refractivity contribution in [3.63, 3.8) is 0 Å². The first-order valence-corrected chi connectivity index (χ1v) is 22.0. The van der Waals surface area contributed by atoms with Gasteiger partial charge < -0.3 is 0 Å². The Kier molecular flexibility index (Phi) is 19.2. The van der Waals surface area contributed by atoms with Crippen molar-refractivity contribution >= 4 is 39.0 Å². The van der Waals surface area contributed by atoms with Gasteiger partial charge in [-0.3, -0.25) is 19.8 Å². The normalized spacial score (nSPS) is 13.8. The molecule has 0 spiro atoms. The van der Waals surface area contributed by atoms with Crippen molar-refractivity contribution in [2.75, 3.05) is 27.2 Å². The van der Waals surface area contributed by atoms with Gasteiger partial charge in [0, 0.05) is 52.4 Å². The van der Waals surface area contributed by atoms with Crippen molar-refractivity contribution in [3.8, 4) is 12.1 Å². The minimum absolute atomic E-state index is 0. The standard InChI is InChI=1S/C16H22N4.2C2H3N.12FH.Fe.2Sb/c1-19(13-15-7-3-5-9-17-15)11-12-20(2)14-16-8-4-6-10-18-16;2*1-2-3;;;;;;;;;;;;;;;/h3-10H,11-14H2,1-2H3;2*1H3;12*1H;;;/q;;;;;;;;;;;;;;;+2;2*+5/p-12. The fourth-order valence-corrected chi connectivity index (χ4v) is 2.04. The van der Waals surface area contributed by atoms with Gasteiger partial charge in [-0.2, -0.15) is 10.5 Å². The number of aromatic nitrogens is 2. The van der Waals surface area contributed by atoms with E-state index in [9.17, 15) is 33.8 Å². The summed E-state index contributed by atoms with van der Waals surface area (Å²) in [5.74, 6) is 0. The predicted molar refractivity (Wildman–Crippen MR) is 129 cm³/mol. The summed E-state index contributed by atoms with van der Waals surface area (Å²) in [4.78, 5) is 13.3. The van der Waals surface area contributed by atoms with Crippen LogP contribution in [-0.2, 0) is 30.2 Å². The number of likely N-dealkylation sites (N-methyl/N-ethyl adjacent to an activating group) is 2. The zero-order valence-corrected chi connectivity index (χ0v) is 28.1. The molecule has 0 aromatic carbocycles. The maximum atomic E-state index is 9.93. The Bertz CT molecular complexity index is 950. The van der Waals surface area contributed by atoms with Crippen LogP contribution < -0.4 is 0 Å². The largest absolute Gasteiger partial charge is 2.00 e. The summed E-state index contributed by atoms with van der Waals surface area (Å²) in [6.45, 7) is 6.66. The SMILES string of the molecule is CC#N.CC#N.CN(CCN(C)Cc1ccccn1)Cc1ccccn1.[F][Sb-]([F])([F])([F])([F])[F].[F][Sb-]([F])([F])([F])([F])[F].[Fe+2]. The number of rotatable bonds is 7. The Morgan fingerprint density at radius 1 is 0.610 bits per heavy atom. The molecule has 0 bridgehead atoms. The van der Waals surface area contributed by atoms with E-state index in [0.29, 0.717) is 0 Å². The summed E-state index contributed by atoms with van der Waals surface area (Å²) in [7, 11) is 4.26. The topological polar surface area (TPSA) is 79.8 Å². The number of pyridine rings is 2. The second-order valence-corrected chi connectivity index (χ2v) is 18.4. The molecule has 0 aliphatic heterocycles. The first-order chi connectivity index (χ1) is 17.5. The van der Waals surface area contributed by atoms with E-state index in [1.165, 1.54) is 13.8 Å². The Morgan fingerprint density at radius 3 is 1.00 bits per heavy atom. The Labute approximate surface area is 245 Å². The van der Waals surface area contributed by atoms with E-state index >= 15 is 0 Å². The molecule has 0 fully saturated rings. The van der Waals surface area contributed by atoms with E-state index in [2.05, 4.69) is 46.0 Å². The van der Waals surface area contributed by atoms with Gasteiger partial charge in [0.15, 0.2) is 0 Å². The molecule has 0 radical (unpaired) electrons. The molecule has 0 aliphatic carbocycles. The van der Waals surface area contributed by atoms with Crippen LogP contribution in [0.4, 0.5) is 33.8 Å². The van der Waals surface area contributed by atoms with Crippen molar-refractivity contribution in [1.29, 1.82) is 10.5 Å². The maximum Gasteiger partial charge on any atom is 2.00 e. The van der Waals surface area contributed by atoms with Crippen LogP contribution in [0.2, 0.25) is 0 Å². The van der Waals surface area contributed by atoms with E-state index < -0.39 is 39.0 Å². The van der Waals surface area contributed by atoms with Crippen LogP contribution in [0.5, 0.6) is 0 Å². The van der Waals surface area contributed by atoms with Gasteiger partial charge in [0.1, 0.15) is 0 Å². The summed E-state index contributed by atoms with van der Waals surface area (Å²) in [6.07, 6.45) is 3.69. The van der Waals surface area contributed by atoms with E-state index in [1.54, 1.807) is 12.1 Å². The van der Waals surface area contributed by atoms with E-state index in [-0.39, 0.29) is 17.1 Å². The molecule has 0 atom stereocenters. The van der Waals surface area contributed by atoms with Crippen LogP contribution in [0.3, 0.4) is 0 Å². The fourth-order valence-electron chi connectivity index (χ4n) is 2.04. The molecule has 0 saturated carbocycles. The van der Waals surface area contributed by atoms with Gasteiger partial charge in [0.05, 0.1) is 23.5 Å². The quantitative estimate of drug-likeness (QED) is 0.214. The zero-order valence-electron chi connectivity index (χ0n) is 21.9. The molecule has 2 heterocycles. The van der Waals surface area contributed by atoms with Gasteiger partial charge in [-0.15, -0.1) is 0 Å². The molecule has 21 heteroatoms. The average Bonchev–Trinajstić information content (AvgIpc) is 2.70.